The number of primary amides is 1. The lowest BCUT2D eigenvalue weighted by atomic mass is 10.0. The average molecular weight is 300 g/mol. The summed E-state index contributed by atoms with van der Waals surface area (Å²) in [5.41, 5.74) is 15.4. The van der Waals surface area contributed by atoms with Crippen LogP contribution in [0.4, 0.5) is 0 Å². The minimum Gasteiger partial charge on any atom is -0.368 e. The predicted octanol–water partition coefficient (Wildman–Crippen LogP) is -2.78. The molecule has 1 saturated carbocycles. The molecule has 8 heteroatoms. The lowest BCUT2D eigenvalue weighted by Crippen LogP contribution is -2.48. The topological polar surface area (TPSA) is 148 Å². The molecule has 9 N–H and O–H groups in total. The molecule has 0 aromatic heterocycles. The van der Waals surface area contributed by atoms with Gasteiger partial charge in [-0.3, -0.25) is 9.59 Å². The Morgan fingerprint density at radius 3 is 1.95 bits per heavy atom. The molecule has 0 aromatic carbocycles. The summed E-state index contributed by atoms with van der Waals surface area (Å²) in [6, 6.07) is 0. The summed E-state index contributed by atoms with van der Waals surface area (Å²) in [6.07, 6.45) is 1.61. The zero-order chi connectivity index (χ0) is 15.7. The van der Waals surface area contributed by atoms with E-state index in [4.69, 9.17) is 17.2 Å². The Hall–Kier alpha value is -1.22. The van der Waals surface area contributed by atoms with Gasteiger partial charge >= 0.3 is 0 Å². The molecule has 1 aliphatic rings. The normalized spacial score (nSPS) is 16.0. The van der Waals surface area contributed by atoms with Crippen LogP contribution in [0.25, 0.3) is 0 Å². The molecule has 0 aliphatic heterocycles. The Morgan fingerprint density at radius 1 is 1.05 bits per heavy atom. The number of nitrogens with two attached hydrogens (primary N) is 3. The molecule has 1 aliphatic carbocycles. The van der Waals surface area contributed by atoms with Gasteiger partial charge in [-0.05, 0) is 31.8 Å². The van der Waals surface area contributed by atoms with Crippen LogP contribution < -0.4 is 33.2 Å². The van der Waals surface area contributed by atoms with E-state index in [9.17, 15) is 9.59 Å². The fraction of sp³-hybridized carbons (Fsp3) is 0.846. The molecule has 0 atom stereocenters. The number of hydrogen-bond acceptors (Lipinski definition) is 6. The maximum absolute atomic E-state index is 12.1. The summed E-state index contributed by atoms with van der Waals surface area (Å²) in [7, 11) is 0. The van der Waals surface area contributed by atoms with Crippen LogP contribution in [0.5, 0.6) is 0 Å². The monoisotopic (exact) mass is 300 g/mol. The highest BCUT2D eigenvalue weighted by atomic mass is 16.2. The second-order valence-electron chi connectivity index (χ2n) is 5.55. The highest BCUT2D eigenvalue weighted by Crippen LogP contribution is 2.34. The van der Waals surface area contributed by atoms with Crippen molar-refractivity contribution in [3.63, 3.8) is 0 Å². The third-order valence-corrected chi connectivity index (χ3v) is 3.58. The van der Waals surface area contributed by atoms with E-state index in [2.05, 4.69) is 16.0 Å². The first-order valence-electron chi connectivity index (χ1n) is 7.46. The van der Waals surface area contributed by atoms with E-state index < -0.39 is 11.4 Å². The molecule has 0 saturated heterocycles. The van der Waals surface area contributed by atoms with Crippen molar-refractivity contribution >= 4 is 11.8 Å². The number of carbonyl (C=O) groups excluding carboxylic acids is 2. The van der Waals surface area contributed by atoms with Gasteiger partial charge < -0.3 is 33.2 Å². The maximum atomic E-state index is 12.1. The Labute approximate surface area is 125 Å². The van der Waals surface area contributed by atoms with Crippen LogP contribution >= 0.6 is 0 Å². The first kappa shape index (κ1) is 17.8. The van der Waals surface area contributed by atoms with Gasteiger partial charge in [0.05, 0.1) is 0 Å². The van der Waals surface area contributed by atoms with Crippen molar-refractivity contribution in [3.05, 3.63) is 0 Å². The van der Waals surface area contributed by atoms with Gasteiger partial charge in [0.2, 0.25) is 11.8 Å². The van der Waals surface area contributed by atoms with Gasteiger partial charge in [0.15, 0.2) is 0 Å². The number of rotatable bonds is 12. The minimum absolute atomic E-state index is 0.117. The van der Waals surface area contributed by atoms with Gasteiger partial charge in [0.1, 0.15) is 5.54 Å². The largest absolute Gasteiger partial charge is 0.368 e. The molecule has 2 amide bonds. The molecular weight excluding hydrogens is 272 g/mol. The molecule has 0 radical (unpaired) electrons. The summed E-state index contributed by atoms with van der Waals surface area (Å²) >= 11 is 0. The maximum Gasteiger partial charge on any atom is 0.243 e. The van der Waals surface area contributed by atoms with E-state index in [-0.39, 0.29) is 11.8 Å². The molecule has 0 bridgehead atoms. The van der Waals surface area contributed by atoms with Crippen molar-refractivity contribution < 1.29 is 9.59 Å². The minimum atomic E-state index is -0.795. The SMILES string of the molecule is NCCNCC(CNCCN)CC(=O)NC1(C(N)=O)CC1. The lowest BCUT2D eigenvalue weighted by molar-refractivity contribution is -0.128. The summed E-state index contributed by atoms with van der Waals surface area (Å²) in [5.74, 6) is -0.470. The number of nitrogens with one attached hydrogen (secondary N) is 3. The first-order chi connectivity index (χ1) is 10.0. The van der Waals surface area contributed by atoms with Gasteiger partial charge in [-0.1, -0.05) is 0 Å². The molecule has 122 valence electrons. The molecule has 0 unspecified atom stereocenters. The third-order valence-electron chi connectivity index (χ3n) is 3.58. The number of carbonyl (C=O) groups is 2. The predicted molar refractivity (Wildman–Crippen MR) is 81.3 cm³/mol. The first-order valence-corrected chi connectivity index (χ1v) is 7.46. The molecular formula is C13H28N6O2. The molecule has 1 fully saturated rings. The van der Waals surface area contributed by atoms with Gasteiger partial charge in [-0.2, -0.15) is 0 Å². The van der Waals surface area contributed by atoms with Crippen LogP contribution in [-0.4, -0.2) is 56.6 Å². The zero-order valence-electron chi connectivity index (χ0n) is 12.5. The Bertz CT molecular complexity index is 336. The standard InChI is InChI=1S/C13H28N6O2/c14-3-5-17-8-10(9-18-6-4-15)7-11(20)19-13(1-2-13)12(16)21/h10,17-18H,1-9,14-15H2,(H2,16,21)(H,19,20). The smallest absolute Gasteiger partial charge is 0.243 e. The highest BCUT2D eigenvalue weighted by molar-refractivity contribution is 5.93. The number of amides is 2. The zero-order valence-corrected chi connectivity index (χ0v) is 12.5. The van der Waals surface area contributed by atoms with Crippen molar-refractivity contribution in [2.45, 2.75) is 24.8 Å². The van der Waals surface area contributed by atoms with Crippen molar-refractivity contribution in [1.29, 1.82) is 0 Å². The highest BCUT2D eigenvalue weighted by Gasteiger charge is 2.49. The van der Waals surface area contributed by atoms with Gasteiger partial charge in [-0.25, -0.2) is 0 Å². The van der Waals surface area contributed by atoms with Crippen LogP contribution in [0.1, 0.15) is 19.3 Å². The Balaban J connectivity index is 2.38. The van der Waals surface area contributed by atoms with E-state index in [1.165, 1.54) is 0 Å². The van der Waals surface area contributed by atoms with Crippen molar-refractivity contribution in [2.24, 2.45) is 23.1 Å². The van der Waals surface area contributed by atoms with Gasteiger partial charge in [0.25, 0.3) is 0 Å². The van der Waals surface area contributed by atoms with E-state index >= 15 is 0 Å². The van der Waals surface area contributed by atoms with Crippen molar-refractivity contribution in [1.82, 2.24) is 16.0 Å². The van der Waals surface area contributed by atoms with Crippen LogP contribution in [0.2, 0.25) is 0 Å². The van der Waals surface area contributed by atoms with Gasteiger partial charge in [-0.15, -0.1) is 0 Å². The molecule has 1 rings (SSSR count). The van der Waals surface area contributed by atoms with Gasteiger partial charge in [0, 0.05) is 32.6 Å². The van der Waals surface area contributed by atoms with Crippen LogP contribution in [0.15, 0.2) is 0 Å². The van der Waals surface area contributed by atoms with Crippen molar-refractivity contribution in [3.8, 4) is 0 Å². The summed E-state index contributed by atoms with van der Waals surface area (Å²) in [5, 5.41) is 9.16. The fourth-order valence-corrected chi connectivity index (χ4v) is 2.17. The van der Waals surface area contributed by atoms with E-state index in [0.29, 0.717) is 58.5 Å². The number of hydrogen-bond donors (Lipinski definition) is 6. The lowest BCUT2D eigenvalue weighted by Gasteiger charge is -2.20. The van der Waals surface area contributed by atoms with Crippen molar-refractivity contribution in [2.75, 3.05) is 39.3 Å². The van der Waals surface area contributed by atoms with Crippen LogP contribution in [0, 0.1) is 5.92 Å². The fourth-order valence-electron chi connectivity index (χ4n) is 2.17. The second-order valence-corrected chi connectivity index (χ2v) is 5.55. The van der Waals surface area contributed by atoms with E-state index in [0.717, 1.165) is 0 Å². The molecule has 21 heavy (non-hydrogen) atoms. The van der Waals surface area contributed by atoms with Crippen LogP contribution in [0.3, 0.4) is 0 Å². The third kappa shape index (κ3) is 6.38. The molecule has 0 heterocycles. The quantitative estimate of drug-likeness (QED) is 0.215. The Kier molecular flexibility index (Phi) is 7.58. The summed E-state index contributed by atoms with van der Waals surface area (Å²) < 4.78 is 0. The van der Waals surface area contributed by atoms with E-state index in [1.54, 1.807) is 0 Å². The second kappa shape index (κ2) is 8.93. The molecule has 0 spiro atoms. The average Bonchev–Trinajstić information content (AvgIpc) is 3.20. The summed E-state index contributed by atoms with van der Waals surface area (Å²) in [4.78, 5) is 23.3. The molecule has 0 aromatic rings. The van der Waals surface area contributed by atoms with E-state index in [1.807, 2.05) is 0 Å². The molecule has 8 nitrogen and oxygen atoms in total. The summed E-state index contributed by atoms with van der Waals surface area (Å²) in [6.45, 7) is 3.90. The Morgan fingerprint density at radius 2 is 1.57 bits per heavy atom. The van der Waals surface area contributed by atoms with Crippen LogP contribution in [-0.2, 0) is 9.59 Å².